The number of hydrogen-bond acceptors (Lipinski definition) is 1. The van der Waals surface area contributed by atoms with E-state index in [0.717, 1.165) is 23.8 Å². The molecular formula is C12H25N. The van der Waals surface area contributed by atoms with E-state index in [1.165, 1.54) is 25.8 Å². The fourth-order valence-corrected chi connectivity index (χ4v) is 2.20. The summed E-state index contributed by atoms with van der Waals surface area (Å²) in [4.78, 5) is 0. The highest BCUT2D eigenvalue weighted by atomic mass is 14.9. The summed E-state index contributed by atoms with van der Waals surface area (Å²) in [5.41, 5.74) is 0. The van der Waals surface area contributed by atoms with Gasteiger partial charge < -0.3 is 5.32 Å². The highest BCUT2D eigenvalue weighted by molar-refractivity contribution is 4.87. The van der Waals surface area contributed by atoms with Crippen molar-refractivity contribution in [3.8, 4) is 0 Å². The van der Waals surface area contributed by atoms with Crippen LogP contribution in [0.3, 0.4) is 0 Å². The van der Waals surface area contributed by atoms with Gasteiger partial charge in [-0.25, -0.2) is 0 Å². The van der Waals surface area contributed by atoms with Crippen LogP contribution in [0.1, 0.15) is 47.0 Å². The Morgan fingerprint density at radius 1 is 1.15 bits per heavy atom. The SMILES string of the molecule is CCCNC(C)C1CC(C(C)C)C1. The van der Waals surface area contributed by atoms with Crippen LogP contribution in [-0.2, 0) is 0 Å². The molecule has 0 aromatic heterocycles. The second-order valence-electron chi connectivity index (χ2n) is 4.98. The third-order valence-corrected chi connectivity index (χ3v) is 3.58. The molecule has 1 N–H and O–H groups in total. The summed E-state index contributed by atoms with van der Waals surface area (Å²) in [6.07, 6.45) is 4.16. The van der Waals surface area contributed by atoms with Crippen LogP contribution >= 0.6 is 0 Å². The van der Waals surface area contributed by atoms with Gasteiger partial charge >= 0.3 is 0 Å². The second-order valence-corrected chi connectivity index (χ2v) is 4.98. The Bertz CT molecular complexity index is 136. The van der Waals surface area contributed by atoms with Crippen LogP contribution in [0, 0.1) is 17.8 Å². The minimum atomic E-state index is 0.745. The van der Waals surface area contributed by atoms with Gasteiger partial charge in [-0.05, 0) is 50.5 Å². The van der Waals surface area contributed by atoms with Crippen LogP contribution in [0.25, 0.3) is 0 Å². The average Bonchev–Trinajstić information content (AvgIpc) is 1.97. The van der Waals surface area contributed by atoms with E-state index >= 15 is 0 Å². The Kier molecular flexibility index (Phi) is 4.24. The number of rotatable bonds is 5. The maximum atomic E-state index is 3.59. The van der Waals surface area contributed by atoms with Crippen molar-refractivity contribution in [1.29, 1.82) is 0 Å². The average molecular weight is 183 g/mol. The number of hydrogen-bond donors (Lipinski definition) is 1. The molecule has 0 aromatic carbocycles. The minimum absolute atomic E-state index is 0.745. The van der Waals surface area contributed by atoms with Gasteiger partial charge in [0.2, 0.25) is 0 Å². The van der Waals surface area contributed by atoms with Gasteiger partial charge in [-0.2, -0.15) is 0 Å². The van der Waals surface area contributed by atoms with Crippen molar-refractivity contribution in [3.63, 3.8) is 0 Å². The lowest BCUT2D eigenvalue weighted by Crippen LogP contribution is -2.42. The zero-order valence-corrected chi connectivity index (χ0v) is 9.64. The van der Waals surface area contributed by atoms with E-state index in [-0.39, 0.29) is 0 Å². The van der Waals surface area contributed by atoms with Gasteiger partial charge in [0, 0.05) is 6.04 Å². The normalized spacial score (nSPS) is 30.2. The summed E-state index contributed by atoms with van der Waals surface area (Å²) in [5, 5.41) is 3.59. The molecule has 0 amide bonds. The van der Waals surface area contributed by atoms with Gasteiger partial charge in [0.05, 0.1) is 0 Å². The molecule has 0 spiro atoms. The van der Waals surface area contributed by atoms with Crippen LogP contribution in [0.4, 0.5) is 0 Å². The lowest BCUT2D eigenvalue weighted by molar-refractivity contribution is 0.110. The van der Waals surface area contributed by atoms with Gasteiger partial charge in [-0.3, -0.25) is 0 Å². The van der Waals surface area contributed by atoms with E-state index in [1.807, 2.05) is 0 Å². The first-order valence-corrected chi connectivity index (χ1v) is 5.88. The summed E-state index contributed by atoms with van der Waals surface area (Å²) in [7, 11) is 0. The molecule has 1 unspecified atom stereocenters. The smallest absolute Gasteiger partial charge is 0.00672 e. The first kappa shape index (κ1) is 11.0. The van der Waals surface area contributed by atoms with Crippen molar-refractivity contribution < 1.29 is 0 Å². The molecular weight excluding hydrogens is 158 g/mol. The largest absolute Gasteiger partial charge is 0.314 e. The van der Waals surface area contributed by atoms with Crippen molar-refractivity contribution in [3.05, 3.63) is 0 Å². The topological polar surface area (TPSA) is 12.0 Å². The van der Waals surface area contributed by atoms with Crippen molar-refractivity contribution in [2.45, 2.75) is 53.0 Å². The highest BCUT2D eigenvalue weighted by Crippen LogP contribution is 2.40. The molecule has 1 rings (SSSR count). The van der Waals surface area contributed by atoms with Crippen molar-refractivity contribution in [2.24, 2.45) is 17.8 Å². The second kappa shape index (κ2) is 4.99. The lowest BCUT2D eigenvalue weighted by Gasteiger charge is -2.41. The summed E-state index contributed by atoms with van der Waals surface area (Å²) >= 11 is 0. The Labute approximate surface area is 83.3 Å². The maximum Gasteiger partial charge on any atom is 0.00672 e. The van der Waals surface area contributed by atoms with Gasteiger partial charge in [-0.1, -0.05) is 20.8 Å². The van der Waals surface area contributed by atoms with E-state index in [4.69, 9.17) is 0 Å². The zero-order valence-electron chi connectivity index (χ0n) is 9.64. The third-order valence-electron chi connectivity index (χ3n) is 3.58. The maximum absolute atomic E-state index is 3.59. The van der Waals surface area contributed by atoms with Gasteiger partial charge in [0.15, 0.2) is 0 Å². The molecule has 13 heavy (non-hydrogen) atoms. The Hall–Kier alpha value is -0.0400. The van der Waals surface area contributed by atoms with E-state index in [0.29, 0.717) is 0 Å². The van der Waals surface area contributed by atoms with Crippen molar-refractivity contribution in [2.75, 3.05) is 6.54 Å². The molecule has 1 aliphatic rings. The highest BCUT2D eigenvalue weighted by Gasteiger charge is 2.33. The van der Waals surface area contributed by atoms with Crippen LogP contribution < -0.4 is 5.32 Å². The minimum Gasteiger partial charge on any atom is -0.314 e. The quantitative estimate of drug-likeness (QED) is 0.691. The predicted octanol–water partition coefficient (Wildman–Crippen LogP) is 3.06. The summed E-state index contributed by atoms with van der Waals surface area (Å²) in [6, 6.07) is 0.745. The molecule has 0 aromatic rings. The molecule has 1 fully saturated rings. The first-order chi connectivity index (χ1) is 6.15. The lowest BCUT2D eigenvalue weighted by atomic mass is 9.67. The monoisotopic (exact) mass is 183 g/mol. The molecule has 78 valence electrons. The van der Waals surface area contributed by atoms with Crippen LogP contribution in [0.5, 0.6) is 0 Å². The Morgan fingerprint density at radius 2 is 1.77 bits per heavy atom. The molecule has 0 radical (unpaired) electrons. The van der Waals surface area contributed by atoms with Crippen molar-refractivity contribution in [1.82, 2.24) is 5.32 Å². The van der Waals surface area contributed by atoms with Crippen molar-refractivity contribution >= 4 is 0 Å². The van der Waals surface area contributed by atoms with Gasteiger partial charge in [0.1, 0.15) is 0 Å². The van der Waals surface area contributed by atoms with Crippen LogP contribution in [0.2, 0.25) is 0 Å². The standard InChI is InChI=1S/C12H25N/c1-5-6-13-10(4)12-7-11(8-12)9(2)3/h9-13H,5-8H2,1-4H3. The molecule has 0 aliphatic heterocycles. The molecule has 1 saturated carbocycles. The summed E-state index contributed by atoms with van der Waals surface area (Å²) in [6.45, 7) is 10.5. The van der Waals surface area contributed by atoms with E-state index in [2.05, 4.69) is 33.0 Å². The van der Waals surface area contributed by atoms with Crippen LogP contribution in [-0.4, -0.2) is 12.6 Å². The molecule has 0 bridgehead atoms. The third kappa shape index (κ3) is 2.98. The molecule has 0 saturated heterocycles. The van der Waals surface area contributed by atoms with Gasteiger partial charge in [-0.15, -0.1) is 0 Å². The fourth-order valence-electron chi connectivity index (χ4n) is 2.20. The summed E-state index contributed by atoms with van der Waals surface area (Å²) < 4.78 is 0. The van der Waals surface area contributed by atoms with E-state index in [9.17, 15) is 0 Å². The van der Waals surface area contributed by atoms with Crippen LogP contribution in [0.15, 0.2) is 0 Å². The Morgan fingerprint density at radius 3 is 2.23 bits per heavy atom. The predicted molar refractivity (Wildman–Crippen MR) is 58.8 cm³/mol. The number of nitrogens with one attached hydrogen (secondary N) is 1. The first-order valence-electron chi connectivity index (χ1n) is 5.88. The van der Waals surface area contributed by atoms with E-state index < -0.39 is 0 Å². The summed E-state index contributed by atoms with van der Waals surface area (Å²) in [5.74, 6) is 2.87. The molecule has 0 heterocycles. The van der Waals surface area contributed by atoms with E-state index in [1.54, 1.807) is 0 Å². The fraction of sp³-hybridized carbons (Fsp3) is 1.00. The zero-order chi connectivity index (χ0) is 9.84. The molecule has 1 heteroatoms. The Balaban J connectivity index is 2.11. The molecule has 1 aliphatic carbocycles. The molecule has 1 atom stereocenters. The molecule has 1 nitrogen and oxygen atoms in total. The van der Waals surface area contributed by atoms with Gasteiger partial charge in [0.25, 0.3) is 0 Å².